The maximum Gasteiger partial charge on any atom is 0.250 e. The molecule has 7 heteroatoms. The Bertz CT molecular complexity index is 526. The van der Waals surface area contributed by atoms with Gasteiger partial charge in [0.05, 0.1) is 11.0 Å². The van der Waals surface area contributed by atoms with Crippen LogP contribution in [0.1, 0.15) is 13.8 Å². The zero-order chi connectivity index (χ0) is 13.8. The first kappa shape index (κ1) is 14.6. The van der Waals surface area contributed by atoms with Crippen LogP contribution in [-0.4, -0.2) is 27.0 Å². The molecule has 0 heterocycles. The number of carbonyl (C=O) groups is 1. The number of hydrogen-bond acceptors (Lipinski definition) is 4. The van der Waals surface area contributed by atoms with Gasteiger partial charge >= 0.3 is 0 Å². The van der Waals surface area contributed by atoms with E-state index in [9.17, 15) is 13.2 Å². The molecule has 0 saturated carbocycles. The van der Waals surface area contributed by atoms with Gasteiger partial charge in [0, 0.05) is 5.69 Å². The maximum absolute atomic E-state index is 11.5. The van der Waals surface area contributed by atoms with Crippen LogP contribution in [0.3, 0.4) is 0 Å². The van der Waals surface area contributed by atoms with Crippen LogP contribution < -0.4 is 10.5 Å². The molecule has 1 rings (SSSR count). The van der Waals surface area contributed by atoms with Gasteiger partial charge in [-0.1, -0.05) is 6.07 Å². The second-order valence-electron chi connectivity index (χ2n) is 3.98. The second-order valence-corrected chi connectivity index (χ2v) is 5.54. The summed E-state index contributed by atoms with van der Waals surface area (Å²) in [5, 5.41) is 7.52. The van der Waals surface area contributed by atoms with Crippen LogP contribution in [0, 0.1) is 0 Å². The molecule has 0 unspecified atom stereocenters. The number of ether oxygens (including phenoxy) is 1. The predicted molar refractivity (Wildman–Crippen MR) is 67.5 cm³/mol. The fraction of sp³-hybridized carbons (Fsp3) is 0.364. The van der Waals surface area contributed by atoms with Crippen molar-refractivity contribution in [1.82, 2.24) is 0 Å². The minimum Gasteiger partial charge on any atom is -0.369 e. The molecule has 0 aliphatic carbocycles. The molecule has 0 saturated heterocycles. The lowest BCUT2D eigenvalue weighted by atomic mass is 10.3. The van der Waals surface area contributed by atoms with Gasteiger partial charge in [-0.3, -0.25) is 4.79 Å². The first-order valence-corrected chi connectivity index (χ1v) is 6.88. The molecule has 0 aliphatic rings. The molecule has 6 nitrogen and oxygen atoms in total. The Morgan fingerprint density at radius 1 is 1.44 bits per heavy atom. The van der Waals surface area contributed by atoms with Crippen molar-refractivity contribution in [1.29, 1.82) is 0 Å². The van der Waals surface area contributed by atoms with Crippen LogP contribution >= 0.6 is 0 Å². The number of anilines is 1. The summed E-state index contributed by atoms with van der Waals surface area (Å²) in [4.78, 5) is 11.4. The fourth-order valence-electron chi connectivity index (χ4n) is 1.19. The third kappa shape index (κ3) is 4.82. The van der Waals surface area contributed by atoms with E-state index in [2.05, 4.69) is 5.32 Å². The van der Waals surface area contributed by atoms with E-state index in [0.29, 0.717) is 5.69 Å². The zero-order valence-electron chi connectivity index (χ0n) is 10.2. The Morgan fingerprint density at radius 3 is 2.67 bits per heavy atom. The average molecular weight is 272 g/mol. The molecule has 0 spiro atoms. The number of nitrogens with two attached hydrogens (primary N) is 1. The van der Waals surface area contributed by atoms with E-state index in [4.69, 9.17) is 9.88 Å². The third-order valence-electron chi connectivity index (χ3n) is 1.99. The summed E-state index contributed by atoms with van der Waals surface area (Å²) >= 11 is 0. The number of nitrogens with one attached hydrogen (secondary N) is 1. The topological polar surface area (TPSA) is 98.5 Å². The number of carbonyl (C=O) groups excluding carboxylic acids is 1. The van der Waals surface area contributed by atoms with Crippen LogP contribution in [0.5, 0.6) is 0 Å². The highest BCUT2D eigenvalue weighted by Crippen LogP contribution is 2.13. The predicted octanol–water partition coefficient (Wildman–Crippen LogP) is 0.698. The summed E-state index contributed by atoms with van der Waals surface area (Å²) in [5.41, 5.74) is 0.360. The van der Waals surface area contributed by atoms with Crippen molar-refractivity contribution in [3.63, 3.8) is 0 Å². The van der Waals surface area contributed by atoms with E-state index in [-0.39, 0.29) is 23.5 Å². The minimum absolute atomic E-state index is 0.0495. The molecule has 1 aromatic rings. The molecule has 0 aliphatic heterocycles. The minimum atomic E-state index is -3.77. The summed E-state index contributed by atoms with van der Waals surface area (Å²) in [6.45, 7) is 3.54. The highest BCUT2D eigenvalue weighted by atomic mass is 32.2. The maximum atomic E-state index is 11.5. The first-order valence-electron chi connectivity index (χ1n) is 5.33. The largest absolute Gasteiger partial charge is 0.369 e. The number of hydrogen-bond donors (Lipinski definition) is 2. The van der Waals surface area contributed by atoms with E-state index in [1.54, 1.807) is 6.07 Å². The summed E-state index contributed by atoms with van der Waals surface area (Å²) in [6.07, 6.45) is -0.0495. The summed E-state index contributed by atoms with van der Waals surface area (Å²) < 4.78 is 27.4. The summed E-state index contributed by atoms with van der Waals surface area (Å²) in [6, 6.07) is 5.72. The molecule has 0 fully saturated rings. The Kier molecular flexibility index (Phi) is 4.83. The van der Waals surface area contributed by atoms with E-state index < -0.39 is 10.0 Å². The third-order valence-corrected chi connectivity index (χ3v) is 2.91. The van der Waals surface area contributed by atoms with Crippen LogP contribution in [0.15, 0.2) is 29.2 Å². The molecule has 100 valence electrons. The first-order chi connectivity index (χ1) is 8.29. The average Bonchev–Trinajstić information content (AvgIpc) is 2.25. The van der Waals surface area contributed by atoms with E-state index >= 15 is 0 Å². The quantitative estimate of drug-likeness (QED) is 0.824. The number of benzene rings is 1. The van der Waals surface area contributed by atoms with Gasteiger partial charge in [-0.15, -0.1) is 0 Å². The second kappa shape index (κ2) is 5.94. The number of sulfonamides is 1. The summed E-state index contributed by atoms with van der Waals surface area (Å²) in [5.74, 6) is -0.352. The monoisotopic (exact) mass is 272 g/mol. The van der Waals surface area contributed by atoms with Gasteiger partial charge in [-0.25, -0.2) is 13.6 Å². The standard InChI is InChI=1S/C11H16N2O4S/c1-8(2)17-7-11(14)13-9-4-3-5-10(6-9)18(12,15)16/h3-6,8H,7H2,1-2H3,(H,13,14)(H2,12,15,16). The molecule has 3 N–H and O–H groups in total. The molecular formula is C11H16N2O4S. The molecule has 0 aromatic heterocycles. The Hall–Kier alpha value is -1.44. The summed E-state index contributed by atoms with van der Waals surface area (Å²) in [7, 11) is -3.77. The van der Waals surface area contributed by atoms with Gasteiger partial charge in [0.1, 0.15) is 6.61 Å². The van der Waals surface area contributed by atoms with Crippen LogP contribution in [0.4, 0.5) is 5.69 Å². The molecule has 1 aromatic carbocycles. The lowest BCUT2D eigenvalue weighted by Gasteiger charge is -2.09. The van der Waals surface area contributed by atoms with Crippen molar-refractivity contribution < 1.29 is 17.9 Å². The fourth-order valence-corrected chi connectivity index (χ4v) is 1.75. The van der Waals surface area contributed by atoms with Crippen molar-refractivity contribution in [3.8, 4) is 0 Å². The van der Waals surface area contributed by atoms with E-state index in [1.165, 1.54) is 18.2 Å². The molecule has 1 amide bonds. The normalized spacial score (nSPS) is 11.6. The van der Waals surface area contributed by atoms with Gasteiger partial charge in [-0.2, -0.15) is 0 Å². The van der Waals surface area contributed by atoms with Crippen molar-refractivity contribution >= 4 is 21.6 Å². The van der Waals surface area contributed by atoms with E-state index in [1.807, 2.05) is 13.8 Å². The molecular weight excluding hydrogens is 256 g/mol. The highest BCUT2D eigenvalue weighted by Gasteiger charge is 2.09. The van der Waals surface area contributed by atoms with Crippen molar-refractivity contribution in [2.75, 3.05) is 11.9 Å². The SMILES string of the molecule is CC(C)OCC(=O)Nc1cccc(S(N)(=O)=O)c1. The number of amides is 1. The van der Waals surface area contributed by atoms with Crippen molar-refractivity contribution in [3.05, 3.63) is 24.3 Å². The van der Waals surface area contributed by atoms with Crippen molar-refractivity contribution in [2.45, 2.75) is 24.8 Å². The van der Waals surface area contributed by atoms with Gasteiger partial charge in [0.2, 0.25) is 15.9 Å². The Morgan fingerprint density at radius 2 is 2.11 bits per heavy atom. The van der Waals surface area contributed by atoms with Crippen LogP contribution in [-0.2, 0) is 19.6 Å². The van der Waals surface area contributed by atoms with Gasteiger partial charge in [0.25, 0.3) is 0 Å². The Labute approximate surface area is 106 Å². The van der Waals surface area contributed by atoms with Crippen molar-refractivity contribution in [2.24, 2.45) is 5.14 Å². The van der Waals surface area contributed by atoms with E-state index in [0.717, 1.165) is 0 Å². The zero-order valence-corrected chi connectivity index (χ0v) is 11.0. The smallest absolute Gasteiger partial charge is 0.250 e. The number of rotatable bonds is 5. The van der Waals surface area contributed by atoms with Crippen LogP contribution in [0.25, 0.3) is 0 Å². The van der Waals surface area contributed by atoms with Crippen LogP contribution in [0.2, 0.25) is 0 Å². The number of primary sulfonamides is 1. The lowest BCUT2D eigenvalue weighted by Crippen LogP contribution is -2.21. The van der Waals surface area contributed by atoms with Gasteiger partial charge in [0.15, 0.2) is 0 Å². The van der Waals surface area contributed by atoms with Gasteiger partial charge in [-0.05, 0) is 32.0 Å². The molecule has 18 heavy (non-hydrogen) atoms. The lowest BCUT2D eigenvalue weighted by molar-refractivity contribution is -0.121. The molecule has 0 bridgehead atoms. The molecule has 0 radical (unpaired) electrons. The highest BCUT2D eigenvalue weighted by molar-refractivity contribution is 7.89. The molecule has 0 atom stereocenters. The van der Waals surface area contributed by atoms with Gasteiger partial charge < -0.3 is 10.1 Å². The Balaban J connectivity index is 2.71.